The van der Waals surface area contributed by atoms with E-state index in [-0.39, 0.29) is 0 Å². The molecule has 0 fully saturated rings. The van der Waals surface area contributed by atoms with E-state index in [1.807, 2.05) is 38.1 Å². The summed E-state index contributed by atoms with van der Waals surface area (Å²) < 4.78 is 6.01. The second-order valence-corrected chi connectivity index (χ2v) is 4.76. The first kappa shape index (κ1) is 12.3. The number of hydrogen-bond donors (Lipinski definition) is 1. The lowest BCUT2D eigenvalue weighted by Gasteiger charge is -2.09. The lowest BCUT2D eigenvalue weighted by atomic mass is 10.2. The molecule has 1 amide bonds. The Morgan fingerprint density at radius 1 is 1.47 bits per heavy atom. The summed E-state index contributed by atoms with van der Waals surface area (Å²) in [6.45, 7) is 4.44. The highest BCUT2D eigenvalue weighted by atomic mass is 127. The average Bonchev–Trinajstić information content (AvgIpc) is 2.18. The minimum Gasteiger partial charge on any atom is -0.449 e. The second-order valence-electron chi connectivity index (χ2n) is 3.60. The highest BCUT2D eigenvalue weighted by molar-refractivity contribution is 14.1. The SMILES string of the molecule is CC(C)COC(=O)Nc1ccccc1I. The molecule has 1 aromatic carbocycles. The lowest BCUT2D eigenvalue weighted by molar-refractivity contribution is 0.147. The third kappa shape index (κ3) is 4.51. The van der Waals surface area contributed by atoms with Gasteiger partial charge in [-0.3, -0.25) is 5.32 Å². The number of carbonyl (C=O) groups excluding carboxylic acids is 1. The van der Waals surface area contributed by atoms with Gasteiger partial charge in [0.25, 0.3) is 0 Å². The lowest BCUT2D eigenvalue weighted by Crippen LogP contribution is -2.17. The van der Waals surface area contributed by atoms with E-state index in [0.717, 1.165) is 9.26 Å². The zero-order valence-corrected chi connectivity index (χ0v) is 10.9. The molecule has 1 N–H and O–H groups in total. The Morgan fingerprint density at radius 3 is 2.73 bits per heavy atom. The maximum absolute atomic E-state index is 11.3. The van der Waals surface area contributed by atoms with Gasteiger partial charge in [-0.25, -0.2) is 4.79 Å². The monoisotopic (exact) mass is 319 g/mol. The molecule has 1 aromatic rings. The van der Waals surface area contributed by atoms with E-state index in [2.05, 4.69) is 27.9 Å². The molecular weight excluding hydrogens is 305 g/mol. The van der Waals surface area contributed by atoms with E-state index in [4.69, 9.17) is 4.74 Å². The zero-order chi connectivity index (χ0) is 11.3. The van der Waals surface area contributed by atoms with E-state index in [1.165, 1.54) is 0 Å². The number of anilines is 1. The molecule has 15 heavy (non-hydrogen) atoms. The zero-order valence-electron chi connectivity index (χ0n) is 8.79. The van der Waals surface area contributed by atoms with Crippen LogP contribution in [0.2, 0.25) is 0 Å². The standard InChI is InChI=1S/C11H14INO2/c1-8(2)7-15-11(14)13-10-6-4-3-5-9(10)12/h3-6,8H,7H2,1-2H3,(H,13,14). The molecule has 3 nitrogen and oxygen atoms in total. The van der Waals surface area contributed by atoms with Crippen molar-refractivity contribution in [2.24, 2.45) is 5.92 Å². The highest BCUT2D eigenvalue weighted by Gasteiger charge is 2.06. The fraction of sp³-hybridized carbons (Fsp3) is 0.364. The molecule has 0 aromatic heterocycles. The summed E-state index contributed by atoms with van der Waals surface area (Å²) in [5, 5.41) is 2.70. The minimum atomic E-state index is -0.396. The van der Waals surface area contributed by atoms with Crippen LogP contribution in [0.4, 0.5) is 10.5 Å². The van der Waals surface area contributed by atoms with Crippen molar-refractivity contribution < 1.29 is 9.53 Å². The maximum atomic E-state index is 11.3. The highest BCUT2D eigenvalue weighted by Crippen LogP contribution is 2.16. The van der Waals surface area contributed by atoms with Gasteiger partial charge in [0.2, 0.25) is 0 Å². The summed E-state index contributed by atoms with van der Waals surface area (Å²) in [5.74, 6) is 0.352. The fourth-order valence-corrected chi connectivity index (χ4v) is 1.47. The van der Waals surface area contributed by atoms with Crippen LogP contribution in [-0.2, 0) is 4.74 Å². The molecule has 0 aliphatic heterocycles. The molecule has 0 aliphatic carbocycles. The van der Waals surface area contributed by atoms with Crippen molar-refractivity contribution in [3.8, 4) is 0 Å². The summed E-state index contributed by atoms with van der Waals surface area (Å²) in [5.41, 5.74) is 0.784. The molecule has 0 atom stereocenters. The summed E-state index contributed by atoms with van der Waals surface area (Å²) in [6.07, 6.45) is -0.396. The Bertz CT molecular complexity index is 339. The van der Waals surface area contributed by atoms with Gasteiger partial charge < -0.3 is 4.74 Å². The average molecular weight is 319 g/mol. The van der Waals surface area contributed by atoms with Crippen molar-refractivity contribution in [2.45, 2.75) is 13.8 Å². The van der Waals surface area contributed by atoms with Crippen LogP contribution < -0.4 is 5.32 Å². The molecule has 0 unspecified atom stereocenters. The van der Waals surface area contributed by atoms with Crippen molar-refractivity contribution in [3.63, 3.8) is 0 Å². The number of nitrogens with one attached hydrogen (secondary N) is 1. The van der Waals surface area contributed by atoms with Crippen LogP contribution in [0.1, 0.15) is 13.8 Å². The van der Waals surface area contributed by atoms with Crippen molar-refractivity contribution in [1.29, 1.82) is 0 Å². The molecule has 1 rings (SSSR count). The Hall–Kier alpha value is -0.780. The van der Waals surface area contributed by atoms with Crippen molar-refractivity contribution in [2.75, 3.05) is 11.9 Å². The van der Waals surface area contributed by atoms with Gasteiger partial charge in [-0.15, -0.1) is 0 Å². The van der Waals surface area contributed by atoms with E-state index < -0.39 is 6.09 Å². The molecule has 0 aliphatic rings. The second kappa shape index (κ2) is 5.95. The number of para-hydroxylation sites is 1. The van der Waals surface area contributed by atoms with Crippen LogP contribution in [-0.4, -0.2) is 12.7 Å². The fourth-order valence-electron chi connectivity index (χ4n) is 0.951. The van der Waals surface area contributed by atoms with Crippen LogP contribution in [0.15, 0.2) is 24.3 Å². The topological polar surface area (TPSA) is 38.3 Å². The van der Waals surface area contributed by atoms with Crippen LogP contribution in [0.5, 0.6) is 0 Å². The van der Waals surface area contributed by atoms with Crippen LogP contribution in [0.25, 0.3) is 0 Å². The smallest absolute Gasteiger partial charge is 0.411 e. The molecule has 0 heterocycles. The van der Waals surface area contributed by atoms with E-state index in [0.29, 0.717) is 12.5 Å². The van der Waals surface area contributed by atoms with Gasteiger partial charge in [-0.05, 0) is 40.6 Å². The van der Waals surface area contributed by atoms with Gasteiger partial charge >= 0.3 is 6.09 Å². The molecule has 0 saturated carbocycles. The first-order valence-electron chi connectivity index (χ1n) is 4.78. The predicted molar refractivity (Wildman–Crippen MR) is 69.0 cm³/mol. The van der Waals surface area contributed by atoms with Gasteiger partial charge in [-0.1, -0.05) is 26.0 Å². The largest absolute Gasteiger partial charge is 0.449 e. The molecule has 0 radical (unpaired) electrons. The molecular formula is C11H14INO2. The Labute approximate surface area is 103 Å². The number of benzene rings is 1. The normalized spacial score (nSPS) is 10.1. The van der Waals surface area contributed by atoms with Crippen molar-refractivity contribution in [1.82, 2.24) is 0 Å². The Kier molecular flexibility index (Phi) is 4.87. The number of rotatable bonds is 3. The number of amides is 1. The van der Waals surface area contributed by atoms with Crippen molar-refractivity contribution in [3.05, 3.63) is 27.8 Å². The minimum absolute atomic E-state index is 0.352. The van der Waals surface area contributed by atoms with Gasteiger partial charge in [0.15, 0.2) is 0 Å². The first-order valence-corrected chi connectivity index (χ1v) is 5.85. The quantitative estimate of drug-likeness (QED) is 0.866. The molecule has 0 bridgehead atoms. The molecule has 0 saturated heterocycles. The number of halogens is 1. The third-order valence-electron chi connectivity index (χ3n) is 1.66. The summed E-state index contributed by atoms with van der Waals surface area (Å²) in [6, 6.07) is 7.57. The molecule has 4 heteroatoms. The van der Waals surface area contributed by atoms with Crippen LogP contribution in [0.3, 0.4) is 0 Å². The van der Waals surface area contributed by atoms with Crippen LogP contribution >= 0.6 is 22.6 Å². The van der Waals surface area contributed by atoms with Gasteiger partial charge in [0.05, 0.1) is 12.3 Å². The van der Waals surface area contributed by atoms with Gasteiger partial charge in [0.1, 0.15) is 0 Å². The summed E-state index contributed by atoms with van der Waals surface area (Å²) >= 11 is 2.17. The third-order valence-corrected chi connectivity index (χ3v) is 2.60. The van der Waals surface area contributed by atoms with E-state index >= 15 is 0 Å². The summed E-state index contributed by atoms with van der Waals surface area (Å²) in [4.78, 5) is 11.3. The molecule has 0 spiro atoms. The number of hydrogen-bond acceptors (Lipinski definition) is 2. The predicted octanol–water partition coefficient (Wildman–Crippen LogP) is 3.50. The van der Waals surface area contributed by atoms with E-state index in [1.54, 1.807) is 0 Å². The van der Waals surface area contributed by atoms with Gasteiger partial charge in [0, 0.05) is 3.57 Å². The van der Waals surface area contributed by atoms with Crippen molar-refractivity contribution >= 4 is 34.4 Å². The summed E-state index contributed by atoms with van der Waals surface area (Å²) in [7, 11) is 0. The van der Waals surface area contributed by atoms with E-state index in [9.17, 15) is 4.79 Å². The maximum Gasteiger partial charge on any atom is 0.411 e. The molecule has 82 valence electrons. The van der Waals surface area contributed by atoms with Gasteiger partial charge in [-0.2, -0.15) is 0 Å². The number of carbonyl (C=O) groups is 1. The Morgan fingerprint density at radius 2 is 2.13 bits per heavy atom. The Balaban J connectivity index is 2.48. The first-order chi connectivity index (χ1) is 7.09. The van der Waals surface area contributed by atoms with Crippen LogP contribution in [0, 0.1) is 9.49 Å². The number of ether oxygens (including phenoxy) is 1.